The van der Waals surface area contributed by atoms with Gasteiger partial charge in [0.25, 0.3) is 10.1 Å². The van der Waals surface area contributed by atoms with E-state index >= 15 is 0 Å². The molecule has 9 nitrogen and oxygen atoms in total. The Bertz CT molecular complexity index is 1450. The SMILES string of the molecule is Cc1nn(-c2ccc(Cl)cc2)c(O)c1/N=N/c1c(O)cc(S(=O)(=O)O)c2ccccc12. The van der Waals surface area contributed by atoms with Crippen LogP contribution in [0.3, 0.4) is 0 Å². The largest absolute Gasteiger partial charge is 0.506 e. The van der Waals surface area contributed by atoms with Gasteiger partial charge in [0.15, 0.2) is 5.69 Å². The van der Waals surface area contributed by atoms with Gasteiger partial charge < -0.3 is 10.2 Å². The molecule has 3 N–H and O–H groups in total. The third-order valence-corrected chi connectivity index (χ3v) is 5.71. The second-order valence-electron chi connectivity index (χ2n) is 6.61. The molecular formula is C20H15ClN4O5S. The average molecular weight is 459 g/mol. The summed E-state index contributed by atoms with van der Waals surface area (Å²) >= 11 is 5.89. The zero-order valence-corrected chi connectivity index (χ0v) is 17.5. The van der Waals surface area contributed by atoms with E-state index in [0.29, 0.717) is 16.4 Å². The number of benzene rings is 3. The number of halogens is 1. The highest BCUT2D eigenvalue weighted by Gasteiger charge is 2.20. The van der Waals surface area contributed by atoms with Crippen LogP contribution in [0.5, 0.6) is 11.6 Å². The van der Waals surface area contributed by atoms with Crippen molar-refractivity contribution in [3.05, 3.63) is 65.3 Å². The van der Waals surface area contributed by atoms with Gasteiger partial charge in [0.05, 0.1) is 11.4 Å². The summed E-state index contributed by atoms with van der Waals surface area (Å²) in [6, 6.07) is 13.7. The van der Waals surface area contributed by atoms with Gasteiger partial charge in [0.2, 0.25) is 5.88 Å². The molecule has 0 bridgehead atoms. The summed E-state index contributed by atoms with van der Waals surface area (Å²) in [7, 11) is -4.57. The van der Waals surface area contributed by atoms with Crippen LogP contribution < -0.4 is 0 Å². The Morgan fingerprint density at radius 1 is 0.968 bits per heavy atom. The molecule has 0 spiro atoms. The number of phenolic OH excluding ortho intramolecular Hbond substituents is 1. The number of phenols is 1. The molecule has 0 aliphatic carbocycles. The van der Waals surface area contributed by atoms with Crippen LogP contribution in [0.25, 0.3) is 16.5 Å². The Morgan fingerprint density at radius 2 is 1.58 bits per heavy atom. The second-order valence-corrected chi connectivity index (χ2v) is 8.44. The fourth-order valence-corrected chi connectivity index (χ4v) is 3.96. The minimum Gasteiger partial charge on any atom is -0.506 e. The van der Waals surface area contributed by atoms with Crippen LogP contribution in [0.1, 0.15) is 5.69 Å². The fourth-order valence-electron chi connectivity index (χ4n) is 3.12. The number of rotatable bonds is 4. The molecule has 4 rings (SSSR count). The van der Waals surface area contributed by atoms with Gasteiger partial charge in [-0.2, -0.15) is 18.2 Å². The van der Waals surface area contributed by atoms with E-state index in [4.69, 9.17) is 11.6 Å². The van der Waals surface area contributed by atoms with E-state index in [-0.39, 0.29) is 28.0 Å². The van der Waals surface area contributed by atoms with E-state index in [1.807, 2.05) is 0 Å². The van der Waals surface area contributed by atoms with E-state index in [1.165, 1.54) is 16.8 Å². The van der Waals surface area contributed by atoms with E-state index in [9.17, 15) is 23.2 Å². The van der Waals surface area contributed by atoms with Crippen molar-refractivity contribution >= 4 is 43.9 Å². The van der Waals surface area contributed by atoms with Crippen LogP contribution in [-0.4, -0.2) is 33.0 Å². The van der Waals surface area contributed by atoms with Gasteiger partial charge in [0, 0.05) is 21.9 Å². The third kappa shape index (κ3) is 3.83. The summed E-state index contributed by atoms with van der Waals surface area (Å²) in [5.41, 5.74) is 0.963. The number of aryl methyl sites for hydroxylation is 1. The Kier molecular flexibility index (Phi) is 5.13. The Balaban J connectivity index is 1.83. The molecule has 0 atom stereocenters. The summed E-state index contributed by atoms with van der Waals surface area (Å²) in [6.07, 6.45) is 0. The molecule has 11 heteroatoms. The maximum Gasteiger partial charge on any atom is 0.295 e. The molecule has 0 saturated carbocycles. The third-order valence-electron chi connectivity index (χ3n) is 4.56. The van der Waals surface area contributed by atoms with Crippen LogP contribution in [0.4, 0.5) is 11.4 Å². The number of aromatic hydroxyl groups is 2. The predicted octanol–water partition coefficient (Wildman–Crippen LogP) is 5.06. The van der Waals surface area contributed by atoms with Gasteiger partial charge in [-0.15, -0.1) is 10.2 Å². The first-order valence-electron chi connectivity index (χ1n) is 8.85. The van der Waals surface area contributed by atoms with Crippen molar-refractivity contribution < 1.29 is 23.2 Å². The van der Waals surface area contributed by atoms with Gasteiger partial charge in [-0.3, -0.25) is 4.55 Å². The van der Waals surface area contributed by atoms with Gasteiger partial charge in [-0.05, 0) is 31.2 Å². The normalized spacial score (nSPS) is 12.1. The topological polar surface area (TPSA) is 137 Å². The zero-order chi connectivity index (χ0) is 22.3. The smallest absolute Gasteiger partial charge is 0.295 e. The molecule has 3 aromatic carbocycles. The molecule has 0 radical (unpaired) electrons. The fraction of sp³-hybridized carbons (Fsp3) is 0.0500. The first kappa shape index (κ1) is 20.8. The molecule has 31 heavy (non-hydrogen) atoms. The predicted molar refractivity (Wildman–Crippen MR) is 115 cm³/mol. The van der Waals surface area contributed by atoms with Crippen molar-refractivity contribution in [1.29, 1.82) is 0 Å². The average Bonchev–Trinajstić information content (AvgIpc) is 3.00. The monoisotopic (exact) mass is 458 g/mol. The summed E-state index contributed by atoms with van der Waals surface area (Å²) in [4.78, 5) is -0.450. The Morgan fingerprint density at radius 3 is 2.23 bits per heavy atom. The van der Waals surface area contributed by atoms with E-state index in [1.54, 1.807) is 43.3 Å². The van der Waals surface area contributed by atoms with Crippen LogP contribution in [-0.2, 0) is 10.1 Å². The lowest BCUT2D eigenvalue weighted by Gasteiger charge is -2.08. The minimum atomic E-state index is -4.57. The maximum absolute atomic E-state index is 11.7. The summed E-state index contributed by atoms with van der Waals surface area (Å²) < 4.78 is 34.1. The lowest BCUT2D eigenvalue weighted by molar-refractivity contribution is 0.434. The van der Waals surface area contributed by atoms with Gasteiger partial charge in [-0.1, -0.05) is 35.9 Å². The molecule has 0 aliphatic heterocycles. The Labute approximate surface area is 181 Å². The lowest BCUT2D eigenvalue weighted by Crippen LogP contribution is -1.99. The highest BCUT2D eigenvalue weighted by Crippen LogP contribution is 2.41. The highest BCUT2D eigenvalue weighted by molar-refractivity contribution is 7.86. The van der Waals surface area contributed by atoms with Crippen molar-refractivity contribution in [2.45, 2.75) is 11.8 Å². The van der Waals surface area contributed by atoms with E-state index < -0.39 is 20.8 Å². The van der Waals surface area contributed by atoms with Crippen molar-refractivity contribution in [2.24, 2.45) is 10.2 Å². The molecule has 0 aliphatic rings. The molecule has 158 valence electrons. The summed E-state index contributed by atoms with van der Waals surface area (Å²) in [5, 5.41) is 34.2. The number of hydrogen-bond acceptors (Lipinski definition) is 7. The quantitative estimate of drug-likeness (QED) is 0.288. The molecule has 0 saturated heterocycles. The van der Waals surface area contributed by atoms with E-state index in [2.05, 4.69) is 15.3 Å². The molecule has 1 heterocycles. The first-order valence-corrected chi connectivity index (χ1v) is 10.7. The number of azo groups is 1. The molecule has 1 aromatic heterocycles. The number of fused-ring (bicyclic) bond motifs is 1. The number of nitrogens with zero attached hydrogens (tertiary/aromatic N) is 4. The molecule has 0 amide bonds. The van der Waals surface area contributed by atoms with Crippen molar-refractivity contribution in [3.63, 3.8) is 0 Å². The van der Waals surface area contributed by atoms with Crippen LogP contribution in [0.2, 0.25) is 5.02 Å². The van der Waals surface area contributed by atoms with Gasteiger partial charge in [0.1, 0.15) is 16.3 Å². The van der Waals surface area contributed by atoms with E-state index in [0.717, 1.165) is 6.07 Å². The van der Waals surface area contributed by atoms with Gasteiger partial charge >= 0.3 is 0 Å². The van der Waals surface area contributed by atoms with Crippen molar-refractivity contribution in [1.82, 2.24) is 9.78 Å². The minimum absolute atomic E-state index is 0.0268. The number of aromatic nitrogens is 2. The van der Waals surface area contributed by atoms with Crippen LogP contribution in [0, 0.1) is 6.92 Å². The first-order chi connectivity index (χ1) is 14.7. The Hall–Kier alpha value is -3.47. The molecule has 0 unspecified atom stereocenters. The van der Waals surface area contributed by atoms with Crippen LogP contribution >= 0.6 is 11.6 Å². The van der Waals surface area contributed by atoms with Crippen molar-refractivity contribution in [3.8, 4) is 17.3 Å². The van der Waals surface area contributed by atoms with Gasteiger partial charge in [-0.25, -0.2) is 0 Å². The molecule has 0 fully saturated rings. The summed E-state index contributed by atoms with van der Waals surface area (Å²) in [5.74, 6) is -0.778. The standard InChI is InChI=1S/C20H15ClN4O5S/c1-11-18(20(27)25(24-11)13-8-6-12(21)7-9-13)22-23-19-15-5-3-2-4-14(15)17(10-16(19)26)31(28,29)30/h2-10,26-27H,1H3,(H,28,29,30)/b23-22+. The van der Waals surface area contributed by atoms with Crippen molar-refractivity contribution in [2.75, 3.05) is 0 Å². The molecule has 4 aromatic rings. The molecular weight excluding hydrogens is 444 g/mol. The summed E-state index contributed by atoms with van der Waals surface area (Å²) in [6.45, 7) is 1.62. The lowest BCUT2D eigenvalue weighted by atomic mass is 10.1. The number of hydrogen-bond donors (Lipinski definition) is 3. The highest BCUT2D eigenvalue weighted by atomic mass is 35.5. The maximum atomic E-state index is 11.7. The van der Waals surface area contributed by atoms with Crippen LogP contribution in [0.15, 0.2) is 69.7 Å². The second kappa shape index (κ2) is 7.65. The zero-order valence-electron chi connectivity index (χ0n) is 15.9.